The molecule has 2 saturated heterocycles. The standard InChI is InChI=1S/C11H17BrN5O5PS/c1-19-7-6-4(2-20-23(18,24)22-6)21-10(7)17-9-5(16-11(17)12)8(13)14-3-15-9/h3-4,6-7,10-11,16,18,23-24H,2H2,1H3,(H2,13,14,15)/t4-,6+,7+,10-,11?/m1/s1. The zero-order valence-electron chi connectivity index (χ0n) is 12.5. The van der Waals surface area contributed by atoms with Gasteiger partial charge in [0.15, 0.2) is 0 Å². The van der Waals surface area contributed by atoms with Crippen LogP contribution in [-0.4, -0.2) is 58.2 Å². The molecule has 4 N–H and O–H groups in total. The van der Waals surface area contributed by atoms with Gasteiger partial charge in [0, 0.05) is 0 Å². The van der Waals surface area contributed by atoms with Crippen molar-refractivity contribution in [1.29, 1.82) is 0 Å². The summed E-state index contributed by atoms with van der Waals surface area (Å²) in [4.78, 5) is 20.1. The summed E-state index contributed by atoms with van der Waals surface area (Å²) in [6, 6.07) is 0. The zero-order chi connectivity index (χ0) is 17.1. The molecule has 4 heterocycles. The third kappa shape index (κ3) is 2.65. The second-order valence-electron chi connectivity index (χ2n) is 5.55. The van der Waals surface area contributed by atoms with Gasteiger partial charge in [-0.2, -0.15) is 0 Å². The molecular formula is C11H17BrN5O5PS. The first-order valence-corrected chi connectivity index (χ1v) is 11.1. The van der Waals surface area contributed by atoms with Gasteiger partial charge in [0.2, 0.25) is 0 Å². The van der Waals surface area contributed by atoms with Crippen LogP contribution >= 0.6 is 35.3 Å². The maximum absolute atomic E-state index is 10.0. The number of ether oxygens (including phenoxy) is 2. The van der Waals surface area contributed by atoms with Crippen molar-refractivity contribution in [3.63, 3.8) is 0 Å². The monoisotopic (exact) mass is 441 g/mol. The van der Waals surface area contributed by atoms with Crippen molar-refractivity contribution in [2.45, 2.75) is 29.6 Å². The van der Waals surface area contributed by atoms with Crippen LogP contribution in [0.1, 0.15) is 0 Å². The first-order chi connectivity index (χ1) is 11.4. The Hall–Kier alpha value is -0.460. The van der Waals surface area contributed by atoms with Crippen LogP contribution < -0.4 is 16.0 Å². The average molecular weight is 442 g/mol. The third-order valence-electron chi connectivity index (χ3n) is 4.17. The summed E-state index contributed by atoms with van der Waals surface area (Å²) in [5.41, 5.74) is 6.51. The first-order valence-electron chi connectivity index (χ1n) is 7.15. The minimum absolute atomic E-state index is 0.181. The van der Waals surface area contributed by atoms with Gasteiger partial charge >= 0.3 is 152 Å². The van der Waals surface area contributed by atoms with Crippen molar-refractivity contribution in [2.24, 2.45) is 0 Å². The van der Waals surface area contributed by atoms with E-state index in [0.717, 1.165) is 0 Å². The van der Waals surface area contributed by atoms with Crippen LogP contribution in [-0.2, 0) is 18.5 Å². The number of anilines is 3. The van der Waals surface area contributed by atoms with Gasteiger partial charge in [0.1, 0.15) is 0 Å². The average Bonchev–Trinajstić information content (AvgIpc) is 3.03. The molecule has 5 atom stereocenters. The Labute approximate surface area is 151 Å². The van der Waals surface area contributed by atoms with E-state index < -0.39 is 25.6 Å². The zero-order valence-corrected chi connectivity index (χ0v) is 16.0. The predicted octanol–water partition coefficient (Wildman–Crippen LogP) is 0.456. The third-order valence-corrected chi connectivity index (χ3v) is 6.66. The number of nitrogen functional groups attached to an aromatic ring is 1. The SMILES string of the molecule is CO[C@H]1[C@H]2O[PH](O)(S)OC[C@H]2O[C@H]1N1c2ncnc(N)c2NC1Br. The predicted molar refractivity (Wildman–Crippen MR) is 95.1 cm³/mol. The Bertz CT molecular complexity index is 659. The number of aromatic nitrogens is 2. The molecule has 10 nitrogen and oxygen atoms in total. The van der Waals surface area contributed by atoms with Gasteiger partial charge in [-0.1, -0.05) is 0 Å². The van der Waals surface area contributed by atoms with Crippen LogP contribution in [0.4, 0.5) is 17.3 Å². The van der Waals surface area contributed by atoms with Gasteiger partial charge in [0.25, 0.3) is 0 Å². The molecule has 0 spiro atoms. The van der Waals surface area contributed by atoms with Crippen LogP contribution in [0.25, 0.3) is 0 Å². The van der Waals surface area contributed by atoms with Crippen LogP contribution in [0.15, 0.2) is 6.33 Å². The van der Waals surface area contributed by atoms with Crippen molar-refractivity contribution in [2.75, 3.05) is 29.7 Å². The number of alkyl halides is 1. The summed E-state index contributed by atoms with van der Waals surface area (Å²) in [5.74, 6) is 0.933. The van der Waals surface area contributed by atoms with Crippen molar-refractivity contribution in [1.82, 2.24) is 9.97 Å². The molecule has 0 saturated carbocycles. The number of thiol groups is 1. The van der Waals surface area contributed by atoms with Gasteiger partial charge in [-0.25, -0.2) is 0 Å². The van der Waals surface area contributed by atoms with E-state index in [1.165, 1.54) is 6.33 Å². The minimum atomic E-state index is -3.46. The molecule has 2 fully saturated rings. The van der Waals surface area contributed by atoms with E-state index in [2.05, 4.69) is 43.5 Å². The molecule has 0 amide bonds. The van der Waals surface area contributed by atoms with Crippen molar-refractivity contribution in [3.05, 3.63) is 6.33 Å². The Morgan fingerprint density at radius 2 is 2.38 bits per heavy atom. The molecule has 1 aromatic rings. The maximum atomic E-state index is 10.0. The Morgan fingerprint density at radius 3 is 3.12 bits per heavy atom. The van der Waals surface area contributed by atoms with E-state index in [4.69, 9.17) is 24.3 Å². The normalized spacial score (nSPS) is 38.3. The molecule has 0 aromatic carbocycles. The van der Waals surface area contributed by atoms with E-state index in [1.54, 1.807) is 7.11 Å². The van der Waals surface area contributed by atoms with Crippen LogP contribution in [0.2, 0.25) is 0 Å². The number of hydrogen-bond acceptors (Lipinski definition) is 11. The fraction of sp³-hybridized carbons (Fsp3) is 0.636. The Morgan fingerprint density at radius 1 is 1.58 bits per heavy atom. The summed E-state index contributed by atoms with van der Waals surface area (Å²) in [5, 5.41) is 2.85. The Balaban J connectivity index is 1.66. The van der Waals surface area contributed by atoms with Gasteiger partial charge in [0.05, 0.1) is 0 Å². The van der Waals surface area contributed by atoms with Crippen LogP contribution in [0.5, 0.6) is 0 Å². The fourth-order valence-electron chi connectivity index (χ4n) is 3.13. The summed E-state index contributed by atoms with van der Waals surface area (Å²) in [6.45, 7) is 0.181. The molecule has 134 valence electrons. The fourth-order valence-corrected chi connectivity index (χ4v) is 5.46. The van der Waals surface area contributed by atoms with Gasteiger partial charge < -0.3 is 0 Å². The van der Waals surface area contributed by atoms with E-state index in [1.807, 2.05) is 4.90 Å². The number of nitrogens with zero attached hydrogens (tertiary/aromatic N) is 3. The topological polar surface area (TPSA) is 124 Å². The molecular weight excluding hydrogens is 425 g/mol. The molecule has 0 bridgehead atoms. The van der Waals surface area contributed by atoms with Crippen LogP contribution in [0.3, 0.4) is 0 Å². The van der Waals surface area contributed by atoms with Gasteiger partial charge in [-0.05, 0) is 0 Å². The van der Waals surface area contributed by atoms with E-state index in [9.17, 15) is 4.89 Å². The number of methoxy groups -OCH3 is 1. The van der Waals surface area contributed by atoms with Crippen molar-refractivity contribution in [3.8, 4) is 0 Å². The molecule has 24 heavy (non-hydrogen) atoms. The number of hydrogen-bond donors (Lipinski definition) is 4. The Kier molecular flexibility index (Phi) is 4.29. The number of rotatable bonds is 2. The number of halogens is 1. The molecule has 3 aliphatic rings. The molecule has 0 radical (unpaired) electrons. The second-order valence-corrected chi connectivity index (χ2v) is 9.74. The summed E-state index contributed by atoms with van der Waals surface area (Å²) < 4.78 is 22.5. The van der Waals surface area contributed by atoms with Gasteiger partial charge in [-0.3, -0.25) is 0 Å². The van der Waals surface area contributed by atoms with E-state index in [-0.39, 0.29) is 17.8 Å². The number of nitrogens with two attached hydrogens (primary N) is 1. The molecule has 1 aromatic heterocycles. The number of fused-ring (bicyclic) bond motifs is 2. The van der Waals surface area contributed by atoms with Crippen molar-refractivity contribution >= 4 is 52.6 Å². The van der Waals surface area contributed by atoms with E-state index >= 15 is 0 Å². The van der Waals surface area contributed by atoms with Crippen molar-refractivity contribution < 1.29 is 23.4 Å². The van der Waals surface area contributed by atoms with E-state index in [0.29, 0.717) is 17.3 Å². The molecule has 13 heteroatoms. The first kappa shape index (κ1) is 17.0. The van der Waals surface area contributed by atoms with Gasteiger partial charge in [-0.15, -0.1) is 0 Å². The summed E-state index contributed by atoms with van der Waals surface area (Å²) >= 11 is 7.60. The number of nitrogens with one attached hydrogen (secondary N) is 1. The molecule has 0 aliphatic carbocycles. The van der Waals surface area contributed by atoms with Crippen LogP contribution in [0, 0.1) is 0 Å². The second kappa shape index (κ2) is 6.06. The molecule has 4 rings (SSSR count). The summed E-state index contributed by atoms with van der Waals surface area (Å²) in [6.07, 6.45) is -0.503. The summed E-state index contributed by atoms with van der Waals surface area (Å²) in [7, 11) is -1.90. The molecule has 1 unspecified atom stereocenters. The quantitative estimate of drug-likeness (QED) is 0.222. The molecule has 3 aliphatic heterocycles.